The van der Waals surface area contributed by atoms with Crippen LogP contribution in [0.1, 0.15) is 27.5 Å². The van der Waals surface area contributed by atoms with Gasteiger partial charge < -0.3 is 14.4 Å². The number of thiazole rings is 1. The summed E-state index contributed by atoms with van der Waals surface area (Å²) in [5, 5.41) is -0.307. The maximum Gasteiger partial charge on any atom is 0.283 e. The predicted octanol–water partition coefficient (Wildman–Crippen LogP) is 2.61. The number of alkyl halides is 2. The Labute approximate surface area is 135 Å². The SMILES string of the molecule is COC[C@]12CCO[C@H]1CN(C(=O)c1nc(Cl)c(C(F)F)s1)C2. The van der Waals surface area contributed by atoms with Crippen molar-refractivity contribution < 1.29 is 23.0 Å². The first-order valence-corrected chi connectivity index (χ1v) is 8.00. The molecule has 2 fully saturated rings. The molecular weight excluding hydrogens is 338 g/mol. The number of likely N-dealkylation sites (tertiary alicyclic amines) is 1. The number of carbonyl (C=O) groups excluding carboxylic acids is 1. The van der Waals surface area contributed by atoms with Gasteiger partial charge in [-0.3, -0.25) is 4.79 Å². The lowest BCUT2D eigenvalue weighted by atomic mass is 9.84. The Bertz CT molecular complexity index is 586. The number of methoxy groups -OCH3 is 1. The molecule has 0 unspecified atom stereocenters. The summed E-state index contributed by atoms with van der Waals surface area (Å²) in [4.78, 5) is 17.5. The van der Waals surface area contributed by atoms with Crippen LogP contribution in [0.2, 0.25) is 5.15 Å². The zero-order chi connectivity index (χ0) is 15.9. The van der Waals surface area contributed by atoms with Crippen molar-refractivity contribution in [2.75, 3.05) is 33.4 Å². The van der Waals surface area contributed by atoms with E-state index < -0.39 is 6.43 Å². The second-order valence-corrected chi connectivity index (χ2v) is 6.95. The van der Waals surface area contributed by atoms with Gasteiger partial charge in [0.2, 0.25) is 0 Å². The molecule has 0 radical (unpaired) electrons. The van der Waals surface area contributed by atoms with Crippen LogP contribution in [0.3, 0.4) is 0 Å². The van der Waals surface area contributed by atoms with E-state index in [1.807, 2.05) is 0 Å². The van der Waals surface area contributed by atoms with Crippen molar-refractivity contribution >= 4 is 28.8 Å². The van der Waals surface area contributed by atoms with Gasteiger partial charge in [-0.15, -0.1) is 11.3 Å². The Kier molecular flexibility index (Phi) is 4.37. The fraction of sp³-hybridized carbons (Fsp3) is 0.692. The van der Waals surface area contributed by atoms with Gasteiger partial charge >= 0.3 is 0 Å². The van der Waals surface area contributed by atoms with Crippen molar-refractivity contribution in [3.8, 4) is 0 Å². The smallest absolute Gasteiger partial charge is 0.283 e. The largest absolute Gasteiger partial charge is 0.384 e. The molecule has 122 valence electrons. The number of rotatable bonds is 4. The average molecular weight is 353 g/mol. The van der Waals surface area contributed by atoms with Gasteiger partial charge in [0.1, 0.15) is 10.0 Å². The number of nitrogens with zero attached hydrogens (tertiary/aromatic N) is 2. The fourth-order valence-electron chi connectivity index (χ4n) is 3.14. The molecule has 1 aromatic rings. The standard InChI is InChI=1S/C13H15ClF2N2O3S/c1-20-6-13-2-3-21-7(13)4-18(5-13)12(19)11-17-9(14)8(22-11)10(15)16/h7,10H,2-6H2,1H3/t7-,13+/m0/s1. The molecule has 0 aliphatic carbocycles. The molecule has 2 aliphatic heterocycles. The molecule has 9 heteroatoms. The number of fused-ring (bicyclic) bond motifs is 1. The molecule has 0 spiro atoms. The topological polar surface area (TPSA) is 51.7 Å². The van der Waals surface area contributed by atoms with Crippen LogP contribution in [-0.2, 0) is 9.47 Å². The van der Waals surface area contributed by atoms with E-state index in [1.165, 1.54) is 0 Å². The molecule has 0 saturated carbocycles. The lowest BCUT2D eigenvalue weighted by Crippen LogP contribution is -2.35. The minimum Gasteiger partial charge on any atom is -0.384 e. The number of amides is 1. The first kappa shape index (κ1) is 16.0. The van der Waals surface area contributed by atoms with Gasteiger partial charge in [0.05, 0.1) is 12.7 Å². The Hall–Kier alpha value is -0.830. The molecule has 2 atom stereocenters. The Morgan fingerprint density at radius 1 is 1.68 bits per heavy atom. The average Bonchev–Trinajstić information content (AvgIpc) is 3.09. The zero-order valence-electron chi connectivity index (χ0n) is 11.9. The predicted molar refractivity (Wildman–Crippen MR) is 76.7 cm³/mol. The van der Waals surface area contributed by atoms with Crippen LogP contribution in [0.4, 0.5) is 8.78 Å². The van der Waals surface area contributed by atoms with E-state index in [0.29, 0.717) is 37.6 Å². The Balaban J connectivity index is 1.78. The highest BCUT2D eigenvalue weighted by Crippen LogP contribution is 2.42. The summed E-state index contributed by atoms with van der Waals surface area (Å²) < 4.78 is 36.5. The monoisotopic (exact) mass is 352 g/mol. The van der Waals surface area contributed by atoms with Gasteiger partial charge in [-0.2, -0.15) is 0 Å². The van der Waals surface area contributed by atoms with Crippen molar-refractivity contribution in [3.05, 3.63) is 15.0 Å². The maximum absolute atomic E-state index is 12.8. The quantitative estimate of drug-likeness (QED) is 0.836. The fourth-order valence-corrected chi connectivity index (χ4v) is 4.26. The molecule has 2 aliphatic rings. The number of halogens is 3. The lowest BCUT2D eigenvalue weighted by Gasteiger charge is -2.25. The molecule has 1 aromatic heterocycles. The molecule has 5 nitrogen and oxygen atoms in total. The summed E-state index contributed by atoms with van der Waals surface area (Å²) in [6.07, 6.45) is -2.00. The second kappa shape index (κ2) is 5.99. The molecule has 2 saturated heterocycles. The van der Waals surface area contributed by atoms with Gasteiger partial charge in [-0.1, -0.05) is 11.6 Å². The Morgan fingerprint density at radius 2 is 2.45 bits per heavy atom. The maximum atomic E-state index is 12.8. The van der Waals surface area contributed by atoms with Crippen LogP contribution in [0.15, 0.2) is 0 Å². The van der Waals surface area contributed by atoms with Crippen LogP contribution < -0.4 is 0 Å². The minimum atomic E-state index is -2.73. The number of aromatic nitrogens is 1. The van der Waals surface area contributed by atoms with E-state index in [4.69, 9.17) is 21.1 Å². The van der Waals surface area contributed by atoms with Crippen molar-refractivity contribution in [1.29, 1.82) is 0 Å². The Morgan fingerprint density at radius 3 is 3.09 bits per heavy atom. The van der Waals surface area contributed by atoms with Crippen LogP contribution in [0, 0.1) is 5.41 Å². The molecule has 3 rings (SSSR count). The van der Waals surface area contributed by atoms with E-state index in [-0.39, 0.29) is 32.5 Å². The summed E-state index contributed by atoms with van der Waals surface area (Å²) in [5.74, 6) is -0.382. The molecular formula is C13H15ClF2N2O3S. The highest BCUT2D eigenvalue weighted by Gasteiger charge is 2.52. The third kappa shape index (κ3) is 2.62. The number of hydrogen-bond acceptors (Lipinski definition) is 5. The summed E-state index contributed by atoms with van der Waals surface area (Å²) in [5.41, 5.74) is -0.211. The van der Waals surface area contributed by atoms with Gasteiger partial charge in [-0.25, -0.2) is 13.8 Å². The van der Waals surface area contributed by atoms with E-state index in [0.717, 1.165) is 6.42 Å². The molecule has 3 heterocycles. The van der Waals surface area contributed by atoms with Crippen molar-refractivity contribution in [2.45, 2.75) is 19.0 Å². The van der Waals surface area contributed by atoms with Crippen LogP contribution >= 0.6 is 22.9 Å². The minimum absolute atomic E-state index is 0.00663. The van der Waals surface area contributed by atoms with E-state index in [1.54, 1.807) is 12.0 Å². The van der Waals surface area contributed by atoms with Gasteiger partial charge in [0.25, 0.3) is 12.3 Å². The first-order chi connectivity index (χ1) is 10.5. The van der Waals surface area contributed by atoms with Crippen molar-refractivity contribution in [2.24, 2.45) is 5.41 Å². The third-order valence-corrected chi connectivity index (χ3v) is 5.65. The molecule has 1 amide bonds. The number of carbonyl (C=O) groups is 1. The summed E-state index contributed by atoms with van der Waals surface area (Å²) in [6, 6.07) is 0. The molecule has 0 bridgehead atoms. The van der Waals surface area contributed by atoms with E-state index in [9.17, 15) is 13.6 Å². The highest BCUT2D eigenvalue weighted by atomic mass is 35.5. The molecule has 0 aromatic carbocycles. The lowest BCUT2D eigenvalue weighted by molar-refractivity contribution is 0.0331. The molecule has 0 N–H and O–H groups in total. The van der Waals surface area contributed by atoms with E-state index in [2.05, 4.69) is 4.98 Å². The first-order valence-electron chi connectivity index (χ1n) is 6.81. The van der Waals surface area contributed by atoms with Crippen molar-refractivity contribution in [1.82, 2.24) is 9.88 Å². The van der Waals surface area contributed by atoms with Gasteiger partial charge in [-0.05, 0) is 6.42 Å². The van der Waals surface area contributed by atoms with Gasteiger partial charge in [0.15, 0.2) is 5.01 Å². The van der Waals surface area contributed by atoms with Crippen LogP contribution in [-0.4, -0.2) is 55.3 Å². The van der Waals surface area contributed by atoms with Gasteiger partial charge in [0, 0.05) is 32.2 Å². The summed E-state index contributed by atoms with van der Waals surface area (Å²) in [6.45, 7) is 2.05. The number of hydrogen-bond donors (Lipinski definition) is 0. The van der Waals surface area contributed by atoms with Crippen LogP contribution in [0.5, 0.6) is 0 Å². The second-order valence-electron chi connectivity index (χ2n) is 5.57. The summed E-state index contributed by atoms with van der Waals surface area (Å²) in [7, 11) is 1.62. The van der Waals surface area contributed by atoms with Crippen LogP contribution in [0.25, 0.3) is 0 Å². The van der Waals surface area contributed by atoms with Crippen molar-refractivity contribution in [3.63, 3.8) is 0 Å². The highest BCUT2D eigenvalue weighted by molar-refractivity contribution is 7.14. The normalized spacial score (nSPS) is 27.7. The molecule has 22 heavy (non-hydrogen) atoms. The zero-order valence-corrected chi connectivity index (χ0v) is 13.4. The third-order valence-electron chi connectivity index (χ3n) is 4.20. The number of ether oxygens (including phenoxy) is 2. The van der Waals surface area contributed by atoms with E-state index >= 15 is 0 Å². The summed E-state index contributed by atoms with van der Waals surface area (Å²) >= 11 is 6.31.